The fraction of sp³-hybridized carbons (Fsp3) is 0.722. The summed E-state index contributed by atoms with van der Waals surface area (Å²) in [5, 5.41) is 0. The molecule has 21 heavy (non-hydrogen) atoms. The molecule has 0 N–H and O–H groups in total. The van der Waals surface area contributed by atoms with Crippen LogP contribution in [0.4, 0.5) is 0 Å². The Morgan fingerprint density at radius 2 is 1.86 bits per heavy atom. The minimum absolute atomic E-state index is 0.334. The molecule has 1 aromatic heterocycles. The van der Waals surface area contributed by atoms with Crippen molar-refractivity contribution in [1.82, 2.24) is 4.90 Å². The molecule has 2 nitrogen and oxygen atoms in total. The van der Waals surface area contributed by atoms with Crippen molar-refractivity contribution in [3.05, 3.63) is 21.4 Å². The van der Waals surface area contributed by atoms with Gasteiger partial charge >= 0.3 is 0 Å². The molecule has 0 saturated heterocycles. The Kier molecular flexibility index (Phi) is 3.78. The van der Waals surface area contributed by atoms with E-state index in [-0.39, 0.29) is 0 Å². The molecule has 2 saturated carbocycles. The summed E-state index contributed by atoms with van der Waals surface area (Å²) in [7, 11) is 0. The van der Waals surface area contributed by atoms with E-state index in [9.17, 15) is 4.79 Å². The topological polar surface area (TPSA) is 20.3 Å². The normalized spacial score (nSPS) is 22.3. The second kappa shape index (κ2) is 5.75. The molecule has 3 aliphatic carbocycles. The van der Waals surface area contributed by atoms with Crippen molar-refractivity contribution < 1.29 is 4.79 Å². The number of fused-ring (bicyclic) bond motifs is 1. The van der Waals surface area contributed by atoms with Crippen LogP contribution in [-0.2, 0) is 12.8 Å². The van der Waals surface area contributed by atoms with E-state index in [2.05, 4.69) is 11.0 Å². The van der Waals surface area contributed by atoms with E-state index < -0.39 is 0 Å². The number of amides is 1. The van der Waals surface area contributed by atoms with Crippen LogP contribution < -0.4 is 0 Å². The summed E-state index contributed by atoms with van der Waals surface area (Å²) < 4.78 is 0. The summed E-state index contributed by atoms with van der Waals surface area (Å²) in [4.78, 5) is 17.6. The van der Waals surface area contributed by atoms with Gasteiger partial charge in [-0.3, -0.25) is 4.79 Å². The van der Waals surface area contributed by atoms with Gasteiger partial charge in [0.2, 0.25) is 0 Å². The van der Waals surface area contributed by atoms with Crippen LogP contribution in [0, 0.1) is 5.92 Å². The summed E-state index contributed by atoms with van der Waals surface area (Å²) in [5.41, 5.74) is 1.48. The highest BCUT2D eigenvalue weighted by Crippen LogP contribution is 2.37. The van der Waals surface area contributed by atoms with E-state index in [0.29, 0.717) is 11.9 Å². The van der Waals surface area contributed by atoms with Crippen LogP contribution in [-0.4, -0.2) is 23.4 Å². The Hall–Kier alpha value is -0.830. The summed E-state index contributed by atoms with van der Waals surface area (Å²) in [5.74, 6) is 1.14. The quantitative estimate of drug-likeness (QED) is 0.806. The average molecular weight is 303 g/mol. The summed E-state index contributed by atoms with van der Waals surface area (Å²) in [6.07, 6.45) is 12.8. The molecule has 0 aliphatic heterocycles. The number of carbonyl (C=O) groups is 1. The number of nitrogens with zero attached hydrogens (tertiary/aromatic N) is 1. The van der Waals surface area contributed by atoms with Crippen molar-refractivity contribution in [3.63, 3.8) is 0 Å². The molecule has 1 aromatic rings. The maximum absolute atomic E-state index is 12.9. The second-order valence-corrected chi connectivity index (χ2v) is 8.24. The number of hydrogen-bond acceptors (Lipinski definition) is 2. The zero-order valence-electron chi connectivity index (χ0n) is 12.8. The van der Waals surface area contributed by atoms with Crippen molar-refractivity contribution in [1.29, 1.82) is 0 Å². The zero-order chi connectivity index (χ0) is 14.2. The van der Waals surface area contributed by atoms with Crippen LogP contribution in [0.25, 0.3) is 0 Å². The van der Waals surface area contributed by atoms with Crippen LogP contribution in [0.15, 0.2) is 6.07 Å². The lowest BCUT2D eigenvalue weighted by Gasteiger charge is -2.21. The van der Waals surface area contributed by atoms with Crippen molar-refractivity contribution in [2.75, 3.05) is 6.54 Å². The molecule has 3 aliphatic rings. The first-order valence-electron chi connectivity index (χ1n) is 8.74. The van der Waals surface area contributed by atoms with Gasteiger partial charge in [-0.05, 0) is 68.9 Å². The molecular formula is C18H25NOS. The number of aryl methyl sites for hydroxylation is 2. The Bertz CT molecular complexity index is 502. The van der Waals surface area contributed by atoms with E-state index in [4.69, 9.17) is 0 Å². The van der Waals surface area contributed by atoms with Crippen LogP contribution in [0.5, 0.6) is 0 Å². The smallest absolute Gasteiger partial charge is 0.264 e. The average Bonchev–Trinajstić information content (AvgIpc) is 3.35. The number of rotatable bonds is 4. The zero-order valence-corrected chi connectivity index (χ0v) is 13.6. The Morgan fingerprint density at radius 1 is 1.10 bits per heavy atom. The minimum atomic E-state index is 0.334. The molecule has 3 heteroatoms. The van der Waals surface area contributed by atoms with Crippen molar-refractivity contribution in [2.24, 2.45) is 5.92 Å². The van der Waals surface area contributed by atoms with E-state index >= 15 is 0 Å². The summed E-state index contributed by atoms with van der Waals surface area (Å²) in [6, 6.07) is 2.79. The van der Waals surface area contributed by atoms with E-state index in [1.807, 2.05) is 0 Å². The molecule has 114 valence electrons. The van der Waals surface area contributed by atoms with Crippen LogP contribution in [0.3, 0.4) is 0 Å². The van der Waals surface area contributed by atoms with E-state index in [1.165, 1.54) is 74.6 Å². The lowest BCUT2D eigenvalue weighted by Crippen LogP contribution is -2.34. The molecule has 0 atom stereocenters. The lowest BCUT2D eigenvalue weighted by molar-refractivity contribution is 0.0739. The standard InChI is InChI=1S/C18H25NOS/c20-18(19(15-9-10-15)12-13-7-8-13)17-11-14-5-3-1-2-4-6-16(14)21-17/h11,13,15H,1-10,12H2. The van der Waals surface area contributed by atoms with Crippen molar-refractivity contribution in [3.8, 4) is 0 Å². The molecule has 0 spiro atoms. The molecule has 1 amide bonds. The van der Waals surface area contributed by atoms with Gasteiger partial charge in [0, 0.05) is 17.5 Å². The molecule has 1 heterocycles. The van der Waals surface area contributed by atoms with Crippen molar-refractivity contribution in [2.45, 2.75) is 70.3 Å². The van der Waals surface area contributed by atoms with Gasteiger partial charge in [-0.25, -0.2) is 0 Å². The molecule has 4 rings (SSSR count). The Morgan fingerprint density at radius 3 is 2.57 bits per heavy atom. The lowest BCUT2D eigenvalue weighted by atomic mass is 10.00. The first kappa shape index (κ1) is 13.8. The summed E-state index contributed by atoms with van der Waals surface area (Å²) in [6.45, 7) is 1.02. The highest BCUT2D eigenvalue weighted by Gasteiger charge is 2.37. The molecule has 0 aromatic carbocycles. The third-order valence-electron chi connectivity index (χ3n) is 5.11. The summed E-state index contributed by atoms with van der Waals surface area (Å²) >= 11 is 1.80. The second-order valence-electron chi connectivity index (χ2n) is 7.11. The third-order valence-corrected chi connectivity index (χ3v) is 6.33. The number of carbonyl (C=O) groups excluding carboxylic acids is 1. The third kappa shape index (κ3) is 3.18. The molecule has 0 radical (unpaired) electrons. The van der Waals surface area contributed by atoms with Crippen LogP contribution in [0.1, 0.15) is 71.5 Å². The van der Waals surface area contributed by atoms with Gasteiger partial charge in [0.25, 0.3) is 5.91 Å². The first-order valence-corrected chi connectivity index (χ1v) is 9.55. The fourth-order valence-electron chi connectivity index (χ4n) is 3.45. The fourth-order valence-corrected chi connectivity index (χ4v) is 4.66. The highest BCUT2D eigenvalue weighted by molar-refractivity contribution is 7.14. The van der Waals surface area contributed by atoms with E-state index in [0.717, 1.165) is 17.3 Å². The van der Waals surface area contributed by atoms with Gasteiger partial charge < -0.3 is 4.90 Å². The monoisotopic (exact) mass is 303 g/mol. The van der Waals surface area contributed by atoms with Gasteiger partial charge in [-0.2, -0.15) is 0 Å². The van der Waals surface area contributed by atoms with Crippen molar-refractivity contribution >= 4 is 17.2 Å². The Balaban J connectivity index is 1.53. The van der Waals surface area contributed by atoms with Gasteiger partial charge in [0.05, 0.1) is 4.88 Å². The Labute approximate surface area is 131 Å². The predicted octanol–water partition coefficient (Wildman–Crippen LogP) is 4.42. The predicted molar refractivity (Wildman–Crippen MR) is 87.0 cm³/mol. The maximum Gasteiger partial charge on any atom is 0.264 e. The van der Waals surface area contributed by atoms with E-state index in [1.54, 1.807) is 11.3 Å². The van der Waals surface area contributed by atoms with Gasteiger partial charge in [-0.15, -0.1) is 11.3 Å². The largest absolute Gasteiger partial charge is 0.335 e. The molecule has 0 bridgehead atoms. The highest BCUT2D eigenvalue weighted by atomic mass is 32.1. The van der Waals surface area contributed by atoms with Crippen LogP contribution >= 0.6 is 11.3 Å². The van der Waals surface area contributed by atoms with Gasteiger partial charge in [0.1, 0.15) is 0 Å². The SMILES string of the molecule is O=C(c1cc2c(s1)CCCCCC2)N(CC1CC1)C1CC1. The first-order chi connectivity index (χ1) is 10.3. The van der Waals surface area contributed by atoms with Gasteiger partial charge in [0.15, 0.2) is 0 Å². The molecular weight excluding hydrogens is 278 g/mol. The molecule has 0 unspecified atom stereocenters. The number of hydrogen-bond donors (Lipinski definition) is 0. The molecule has 2 fully saturated rings. The maximum atomic E-state index is 12.9. The number of thiophene rings is 1. The van der Waals surface area contributed by atoms with Gasteiger partial charge in [-0.1, -0.05) is 12.8 Å². The van der Waals surface area contributed by atoms with Crippen LogP contribution in [0.2, 0.25) is 0 Å². The minimum Gasteiger partial charge on any atom is -0.335 e.